The first kappa shape index (κ1) is 20.9. The van der Waals surface area contributed by atoms with Gasteiger partial charge in [0.1, 0.15) is 6.54 Å². The summed E-state index contributed by atoms with van der Waals surface area (Å²) in [6, 6.07) is 1.97. The van der Waals surface area contributed by atoms with Crippen molar-refractivity contribution in [1.82, 2.24) is 14.8 Å². The Morgan fingerprint density at radius 3 is 2.72 bits per heavy atom. The van der Waals surface area contributed by atoms with Crippen LogP contribution in [0.5, 0.6) is 0 Å². The van der Waals surface area contributed by atoms with E-state index in [9.17, 15) is 4.79 Å². The SMILES string of the molecule is CC1CCC2(C)C(CCC3C2CCC2(C)C3CC[C@@H]2C(=O)Cn2ncc3ccncc32)C1. The summed E-state index contributed by atoms with van der Waals surface area (Å²) in [6.07, 6.45) is 17.6. The zero-order valence-electron chi connectivity index (χ0n) is 20.1. The molecular formula is C28H39N3O. The van der Waals surface area contributed by atoms with Crippen molar-refractivity contribution in [3.8, 4) is 0 Å². The van der Waals surface area contributed by atoms with Gasteiger partial charge in [-0.1, -0.05) is 27.2 Å². The Labute approximate surface area is 192 Å². The fourth-order valence-corrected chi connectivity index (χ4v) is 9.30. The molecule has 0 saturated heterocycles. The summed E-state index contributed by atoms with van der Waals surface area (Å²) in [5.74, 6) is 4.93. The first-order chi connectivity index (χ1) is 15.4. The van der Waals surface area contributed by atoms with Crippen LogP contribution in [0.15, 0.2) is 24.7 Å². The van der Waals surface area contributed by atoms with Gasteiger partial charge in [0.15, 0.2) is 5.78 Å². The minimum Gasteiger partial charge on any atom is -0.297 e. The second-order valence-corrected chi connectivity index (χ2v) is 12.4. The zero-order valence-corrected chi connectivity index (χ0v) is 20.1. The van der Waals surface area contributed by atoms with Gasteiger partial charge >= 0.3 is 0 Å². The summed E-state index contributed by atoms with van der Waals surface area (Å²) in [5.41, 5.74) is 1.71. The Morgan fingerprint density at radius 1 is 1.03 bits per heavy atom. The second-order valence-electron chi connectivity index (χ2n) is 12.4. The quantitative estimate of drug-likeness (QED) is 0.571. The summed E-state index contributed by atoms with van der Waals surface area (Å²) in [4.78, 5) is 17.9. The summed E-state index contributed by atoms with van der Waals surface area (Å²) >= 11 is 0. The molecule has 0 bridgehead atoms. The van der Waals surface area contributed by atoms with E-state index < -0.39 is 0 Å². The van der Waals surface area contributed by atoms with Crippen molar-refractivity contribution < 1.29 is 4.79 Å². The lowest BCUT2D eigenvalue weighted by Gasteiger charge is -2.61. The number of pyridine rings is 1. The molecule has 4 saturated carbocycles. The third-order valence-electron chi connectivity index (χ3n) is 11.1. The van der Waals surface area contributed by atoms with E-state index in [-0.39, 0.29) is 11.3 Å². The van der Waals surface area contributed by atoms with Crippen LogP contribution in [-0.4, -0.2) is 20.5 Å². The van der Waals surface area contributed by atoms with E-state index in [1.807, 2.05) is 23.1 Å². The molecule has 7 unspecified atom stereocenters. The Balaban J connectivity index is 1.22. The number of ketones is 1. The van der Waals surface area contributed by atoms with Gasteiger partial charge < -0.3 is 0 Å². The highest BCUT2D eigenvalue weighted by molar-refractivity contribution is 5.84. The van der Waals surface area contributed by atoms with Gasteiger partial charge in [-0.3, -0.25) is 14.5 Å². The molecule has 32 heavy (non-hydrogen) atoms. The van der Waals surface area contributed by atoms with E-state index in [4.69, 9.17) is 0 Å². The fourth-order valence-electron chi connectivity index (χ4n) is 9.30. The highest BCUT2D eigenvalue weighted by Crippen LogP contribution is 2.67. The first-order valence-corrected chi connectivity index (χ1v) is 13.2. The number of hydrogen-bond donors (Lipinski definition) is 0. The van der Waals surface area contributed by atoms with E-state index >= 15 is 0 Å². The average molecular weight is 434 g/mol. The van der Waals surface area contributed by atoms with Crippen LogP contribution in [0.3, 0.4) is 0 Å². The number of carbonyl (C=O) groups is 1. The molecule has 0 radical (unpaired) electrons. The van der Waals surface area contributed by atoms with Gasteiger partial charge in [-0.05, 0) is 97.9 Å². The Morgan fingerprint density at radius 2 is 1.84 bits per heavy atom. The van der Waals surface area contributed by atoms with Crippen LogP contribution in [0, 0.1) is 46.3 Å². The molecule has 0 N–H and O–H groups in total. The van der Waals surface area contributed by atoms with Crippen LogP contribution in [0.2, 0.25) is 0 Å². The van der Waals surface area contributed by atoms with Crippen molar-refractivity contribution in [2.75, 3.05) is 0 Å². The molecule has 8 atom stereocenters. The van der Waals surface area contributed by atoms with Crippen LogP contribution >= 0.6 is 0 Å². The van der Waals surface area contributed by atoms with Crippen LogP contribution in [-0.2, 0) is 11.3 Å². The molecule has 4 fully saturated rings. The van der Waals surface area contributed by atoms with Crippen molar-refractivity contribution in [1.29, 1.82) is 0 Å². The van der Waals surface area contributed by atoms with Gasteiger partial charge in [0, 0.05) is 17.5 Å². The Kier molecular flexibility index (Phi) is 4.82. The maximum Gasteiger partial charge on any atom is 0.157 e. The molecule has 2 heterocycles. The molecule has 4 heteroatoms. The molecule has 0 aliphatic heterocycles. The topological polar surface area (TPSA) is 47.8 Å². The molecule has 0 aromatic carbocycles. The molecule has 6 rings (SSSR count). The molecule has 4 aliphatic carbocycles. The molecule has 172 valence electrons. The summed E-state index contributed by atoms with van der Waals surface area (Å²) < 4.78 is 1.88. The summed E-state index contributed by atoms with van der Waals surface area (Å²) in [7, 11) is 0. The van der Waals surface area contributed by atoms with E-state index in [1.165, 1.54) is 51.4 Å². The van der Waals surface area contributed by atoms with Crippen LogP contribution in [0.25, 0.3) is 10.9 Å². The second kappa shape index (κ2) is 7.40. The van der Waals surface area contributed by atoms with Crippen molar-refractivity contribution in [3.05, 3.63) is 24.7 Å². The lowest BCUT2D eigenvalue weighted by Crippen LogP contribution is -2.53. The van der Waals surface area contributed by atoms with Crippen molar-refractivity contribution in [2.24, 2.45) is 46.3 Å². The first-order valence-electron chi connectivity index (χ1n) is 13.2. The number of hydrogen-bond acceptors (Lipinski definition) is 3. The molecule has 2 aromatic heterocycles. The van der Waals surface area contributed by atoms with E-state index in [0.29, 0.717) is 17.7 Å². The van der Waals surface area contributed by atoms with Crippen molar-refractivity contribution in [3.63, 3.8) is 0 Å². The monoisotopic (exact) mass is 433 g/mol. The lowest BCUT2D eigenvalue weighted by molar-refractivity contribution is -0.137. The van der Waals surface area contributed by atoms with Crippen LogP contribution in [0.4, 0.5) is 0 Å². The van der Waals surface area contributed by atoms with E-state index in [1.54, 1.807) is 6.20 Å². The molecule has 4 aliphatic rings. The molecular weight excluding hydrogens is 394 g/mol. The third kappa shape index (κ3) is 2.97. The van der Waals surface area contributed by atoms with Crippen molar-refractivity contribution in [2.45, 2.75) is 85.1 Å². The Bertz CT molecular complexity index is 1030. The number of fused-ring (bicyclic) bond motifs is 6. The van der Waals surface area contributed by atoms with Crippen LogP contribution in [0.1, 0.15) is 78.6 Å². The molecule has 0 spiro atoms. The van der Waals surface area contributed by atoms with Gasteiger partial charge in [0.05, 0.1) is 17.9 Å². The zero-order chi connectivity index (χ0) is 22.1. The smallest absolute Gasteiger partial charge is 0.157 e. The van der Waals surface area contributed by atoms with Gasteiger partial charge in [-0.2, -0.15) is 5.10 Å². The van der Waals surface area contributed by atoms with E-state index in [2.05, 4.69) is 30.9 Å². The summed E-state index contributed by atoms with van der Waals surface area (Å²) in [6.45, 7) is 7.99. The number of carbonyl (C=O) groups excluding carboxylic acids is 1. The predicted molar refractivity (Wildman–Crippen MR) is 127 cm³/mol. The molecule has 2 aromatic rings. The number of aromatic nitrogens is 3. The van der Waals surface area contributed by atoms with E-state index in [0.717, 1.165) is 46.9 Å². The summed E-state index contributed by atoms with van der Waals surface area (Å²) in [5, 5.41) is 5.58. The van der Waals surface area contributed by atoms with Crippen LogP contribution < -0.4 is 0 Å². The van der Waals surface area contributed by atoms with Gasteiger partial charge in [0.25, 0.3) is 0 Å². The molecule has 4 nitrogen and oxygen atoms in total. The number of rotatable bonds is 3. The maximum atomic E-state index is 13.6. The van der Waals surface area contributed by atoms with Crippen molar-refractivity contribution >= 4 is 16.7 Å². The normalized spacial score (nSPS) is 43.5. The average Bonchev–Trinajstić information content (AvgIpc) is 3.35. The van der Waals surface area contributed by atoms with Gasteiger partial charge in [-0.15, -0.1) is 0 Å². The highest BCUT2D eigenvalue weighted by atomic mass is 16.1. The van der Waals surface area contributed by atoms with Gasteiger partial charge in [-0.25, -0.2) is 0 Å². The largest absolute Gasteiger partial charge is 0.297 e. The predicted octanol–water partition coefficient (Wildman–Crippen LogP) is 6.30. The number of Topliss-reactive ketones (excluding diaryl/α,β-unsaturated/α-hetero) is 1. The number of nitrogens with zero attached hydrogens (tertiary/aromatic N) is 3. The minimum atomic E-state index is 0.185. The Hall–Kier alpha value is -1.71. The fraction of sp³-hybridized carbons (Fsp3) is 0.750. The van der Waals surface area contributed by atoms with Gasteiger partial charge in [0.2, 0.25) is 0 Å². The lowest BCUT2D eigenvalue weighted by atomic mass is 9.44. The molecule has 0 amide bonds. The maximum absolute atomic E-state index is 13.6. The highest BCUT2D eigenvalue weighted by Gasteiger charge is 2.60. The standard InChI is InChI=1S/C28H39N3O/c1-18-8-11-27(2)20(14-18)4-5-21-22-6-7-24(28(22,3)12-9-23(21)27)26(32)17-31-25-16-29-13-10-19(25)15-30-31/h10,13,15-16,18,20-24H,4-9,11-12,14,17H2,1-3H3/t18?,20?,21?,22?,23?,24-,27?,28?/m1/s1. The third-order valence-corrected chi connectivity index (χ3v) is 11.1. The minimum absolute atomic E-state index is 0.185.